The molecule has 2 heterocycles. The third-order valence-corrected chi connectivity index (χ3v) is 3.90. The number of H-pyrrole nitrogens is 1. The number of rotatable bonds is 1. The fraction of sp³-hybridized carbons (Fsp3) is 0.714. The van der Waals surface area contributed by atoms with Crippen LogP contribution in [-0.4, -0.2) is 46.2 Å². The summed E-state index contributed by atoms with van der Waals surface area (Å²) in [7, 11) is 0. The molecule has 0 saturated carbocycles. The Bertz CT molecular complexity index is 460. The third-order valence-electron chi connectivity index (χ3n) is 3.90. The van der Waals surface area contributed by atoms with E-state index in [1.54, 1.807) is 0 Å². The molecule has 2 N–H and O–H groups in total. The van der Waals surface area contributed by atoms with Gasteiger partial charge in [0.25, 0.3) is 5.91 Å². The minimum atomic E-state index is -0.0199. The van der Waals surface area contributed by atoms with Gasteiger partial charge in [0.1, 0.15) is 5.69 Å². The summed E-state index contributed by atoms with van der Waals surface area (Å²) in [6.07, 6.45) is 0. The minimum absolute atomic E-state index is 0.0199. The van der Waals surface area contributed by atoms with Crippen LogP contribution in [0.5, 0.6) is 0 Å². The lowest BCUT2D eigenvalue weighted by molar-refractivity contribution is 0.0597. The summed E-state index contributed by atoms with van der Waals surface area (Å²) in [5.41, 5.74) is 1.49. The molecule has 2 rings (SSSR count). The zero-order valence-corrected chi connectivity index (χ0v) is 12.4. The largest absolute Gasteiger partial charge is 0.332 e. The highest BCUT2D eigenvalue weighted by atomic mass is 16.2. The van der Waals surface area contributed by atoms with Gasteiger partial charge in [-0.3, -0.25) is 9.89 Å². The quantitative estimate of drug-likeness (QED) is 0.808. The number of carbonyl (C=O) groups excluding carboxylic acids is 1. The molecule has 1 fully saturated rings. The molecule has 0 bridgehead atoms. The van der Waals surface area contributed by atoms with Crippen LogP contribution in [0, 0.1) is 0 Å². The number of hydrogen-bond acceptors (Lipinski definition) is 3. The summed E-state index contributed by atoms with van der Waals surface area (Å²) in [6.45, 7) is 12.1. The Morgan fingerprint density at radius 2 is 2.11 bits per heavy atom. The zero-order chi connectivity index (χ0) is 14.2. The van der Waals surface area contributed by atoms with E-state index in [1.165, 1.54) is 0 Å². The SMILES string of the molecule is CC1NCCN(C(=O)c2cc(C(C)(C)C)[nH]n2)C1C. The van der Waals surface area contributed by atoms with E-state index in [4.69, 9.17) is 0 Å². The average Bonchev–Trinajstić information content (AvgIpc) is 2.81. The maximum Gasteiger partial charge on any atom is 0.274 e. The van der Waals surface area contributed by atoms with E-state index >= 15 is 0 Å². The molecule has 106 valence electrons. The predicted octanol–water partition coefficient (Wildman–Crippen LogP) is 1.53. The van der Waals surface area contributed by atoms with E-state index in [2.05, 4.69) is 50.1 Å². The Balaban J connectivity index is 2.17. The second-order valence-electron chi connectivity index (χ2n) is 6.40. The smallest absolute Gasteiger partial charge is 0.274 e. The maximum atomic E-state index is 12.5. The van der Waals surface area contributed by atoms with Gasteiger partial charge in [0.15, 0.2) is 0 Å². The van der Waals surface area contributed by atoms with Gasteiger partial charge in [-0.15, -0.1) is 0 Å². The number of carbonyl (C=O) groups is 1. The molecule has 5 heteroatoms. The normalized spacial score (nSPS) is 24.6. The molecule has 1 saturated heterocycles. The molecule has 5 nitrogen and oxygen atoms in total. The lowest BCUT2D eigenvalue weighted by Gasteiger charge is -2.38. The lowest BCUT2D eigenvalue weighted by Crippen LogP contribution is -2.57. The molecule has 19 heavy (non-hydrogen) atoms. The Kier molecular flexibility index (Phi) is 3.67. The van der Waals surface area contributed by atoms with Crippen LogP contribution in [-0.2, 0) is 5.41 Å². The van der Waals surface area contributed by atoms with E-state index in [-0.39, 0.29) is 17.4 Å². The summed E-state index contributed by atoms with van der Waals surface area (Å²) in [5.74, 6) is 0.0209. The minimum Gasteiger partial charge on any atom is -0.332 e. The number of piperazine rings is 1. The molecular formula is C14H24N4O. The van der Waals surface area contributed by atoms with Crippen LogP contribution in [0.4, 0.5) is 0 Å². The van der Waals surface area contributed by atoms with Crippen LogP contribution in [0.15, 0.2) is 6.07 Å². The number of amides is 1. The third kappa shape index (κ3) is 2.81. The summed E-state index contributed by atoms with van der Waals surface area (Å²) >= 11 is 0. The molecule has 0 aromatic carbocycles. The highest BCUT2D eigenvalue weighted by molar-refractivity contribution is 5.92. The van der Waals surface area contributed by atoms with Gasteiger partial charge in [0.2, 0.25) is 0 Å². The number of nitrogens with one attached hydrogen (secondary N) is 2. The van der Waals surface area contributed by atoms with Crippen molar-refractivity contribution in [1.82, 2.24) is 20.4 Å². The van der Waals surface area contributed by atoms with Crippen LogP contribution < -0.4 is 5.32 Å². The van der Waals surface area contributed by atoms with Gasteiger partial charge in [-0.1, -0.05) is 20.8 Å². The van der Waals surface area contributed by atoms with Crippen LogP contribution in [0.25, 0.3) is 0 Å². The van der Waals surface area contributed by atoms with Crippen molar-refractivity contribution >= 4 is 5.91 Å². The molecule has 0 aliphatic carbocycles. The van der Waals surface area contributed by atoms with E-state index in [1.807, 2.05) is 11.0 Å². The molecule has 2 unspecified atom stereocenters. The van der Waals surface area contributed by atoms with Crippen molar-refractivity contribution in [2.45, 2.75) is 52.1 Å². The highest BCUT2D eigenvalue weighted by Gasteiger charge is 2.30. The van der Waals surface area contributed by atoms with Crippen molar-refractivity contribution in [2.24, 2.45) is 0 Å². The van der Waals surface area contributed by atoms with E-state index in [9.17, 15) is 4.79 Å². The van der Waals surface area contributed by atoms with Crippen molar-refractivity contribution in [3.05, 3.63) is 17.5 Å². The Labute approximate surface area is 114 Å². The second kappa shape index (κ2) is 4.96. The molecule has 1 aromatic rings. The molecule has 1 aliphatic heterocycles. The monoisotopic (exact) mass is 264 g/mol. The Hall–Kier alpha value is -1.36. The van der Waals surface area contributed by atoms with Gasteiger partial charge in [0.05, 0.1) is 0 Å². The van der Waals surface area contributed by atoms with Crippen LogP contribution in [0.2, 0.25) is 0 Å². The first-order valence-electron chi connectivity index (χ1n) is 6.91. The topological polar surface area (TPSA) is 61.0 Å². The van der Waals surface area contributed by atoms with Crippen molar-refractivity contribution in [2.75, 3.05) is 13.1 Å². The van der Waals surface area contributed by atoms with Crippen LogP contribution >= 0.6 is 0 Å². The first-order chi connectivity index (χ1) is 8.80. The highest BCUT2D eigenvalue weighted by Crippen LogP contribution is 2.21. The maximum absolute atomic E-state index is 12.5. The summed E-state index contributed by atoms with van der Waals surface area (Å²) in [5, 5.41) is 10.5. The van der Waals surface area contributed by atoms with Gasteiger partial charge in [-0.05, 0) is 19.9 Å². The van der Waals surface area contributed by atoms with Crippen molar-refractivity contribution < 1.29 is 4.79 Å². The number of hydrogen-bond donors (Lipinski definition) is 2. The van der Waals surface area contributed by atoms with E-state index in [0.717, 1.165) is 18.8 Å². The van der Waals surface area contributed by atoms with Gasteiger partial charge < -0.3 is 10.2 Å². The lowest BCUT2D eigenvalue weighted by atomic mass is 9.92. The summed E-state index contributed by atoms with van der Waals surface area (Å²) in [4.78, 5) is 14.4. The number of nitrogens with zero attached hydrogens (tertiary/aromatic N) is 2. The van der Waals surface area contributed by atoms with Gasteiger partial charge in [0, 0.05) is 36.3 Å². The van der Waals surface area contributed by atoms with Crippen molar-refractivity contribution in [1.29, 1.82) is 0 Å². The molecule has 0 spiro atoms. The fourth-order valence-corrected chi connectivity index (χ4v) is 2.31. The van der Waals surface area contributed by atoms with Crippen molar-refractivity contribution in [3.8, 4) is 0 Å². The summed E-state index contributed by atoms with van der Waals surface area (Å²) < 4.78 is 0. The van der Waals surface area contributed by atoms with Crippen LogP contribution in [0.3, 0.4) is 0 Å². The van der Waals surface area contributed by atoms with Gasteiger partial charge >= 0.3 is 0 Å². The molecule has 0 radical (unpaired) electrons. The standard InChI is InChI=1S/C14H24N4O/c1-9-10(2)18(7-6-15-9)13(19)11-8-12(17-16-11)14(3,4)5/h8-10,15H,6-7H2,1-5H3,(H,16,17). The van der Waals surface area contributed by atoms with Gasteiger partial charge in [-0.2, -0.15) is 5.10 Å². The molecule has 1 amide bonds. The Morgan fingerprint density at radius 1 is 1.42 bits per heavy atom. The Morgan fingerprint density at radius 3 is 2.68 bits per heavy atom. The first-order valence-corrected chi connectivity index (χ1v) is 6.91. The van der Waals surface area contributed by atoms with Crippen LogP contribution in [0.1, 0.15) is 50.8 Å². The second-order valence-corrected chi connectivity index (χ2v) is 6.40. The van der Waals surface area contributed by atoms with Crippen molar-refractivity contribution in [3.63, 3.8) is 0 Å². The van der Waals surface area contributed by atoms with Gasteiger partial charge in [-0.25, -0.2) is 0 Å². The number of aromatic amines is 1. The molecule has 2 atom stereocenters. The number of aromatic nitrogens is 2. The molecule has 1 aromatic heterocycles. The average molecular weight is 264 g/mol. The first kappa shape index (κ1) is 14.1. The summed E-state index contributed by atoms with van der Waals surface area (Å²) in [6, 6.07) is 2.39. The molecular weight excluding hydrogens is 240 g/mol. The van der Waals surface area contributed by atoms with E-state index < -0.39 is 0 Å². The molecule has 1 aliphatic rings. The predicted molar refractivity (Wildman–Crippen MR) is 75.3 cm³/mol. The fourth-order valence-electron chi connectivity index (χ4n) is 2.31. The van der Waals surface area contributed by atoms with E-state index in [0.29, 0.717) is 11.7 Å². The zero-order valence-electron chi connectivity index (χ0n) is 12.4.